The normalized spacial score (nSPS) is 19.1. The SMILES string of the molecule is CC[n+]1c(C=C2C=C(C)CC(C)(C)C2)sc2ccccc21.[I-]. The van der Waals surface area contributed by atoms with Crippen molar-refractivity contribution in [3.8, 4) is 0 Å². The van der Waals surface area contributed by atoms with Gasteiger partial charge in [0.25, 0.3) is 5.01 Å². The Hall–Kier alpha value is -0.680. The molecule has 0 saturated carbocycles. The van der Waals surface area contributed by atoms with Gasteiger partial charge in [0.15, 0.2) is 0 Å². The molecule has 1 nitrogen and oxygen atoms in total. The van der Waals surface area contributed by atoms with Crippen molar-refractivity contribution in [1.29, 1.82) is 0 Å². The summed E-state index contributed by atoms with van der Waals surface area (Å²) in [5.41, 5.74) is 4.71. The molecule has 0 aliphatic heterocycles. The van der Waals surface area contributed by atoms with Crippen LogP contribution in [0.25, 0.3) is 16.3 Å². The van der Waals surface area contributed by atoms with Gasteiger partial charge in [-0.25, -0.2) is 0 Å². The van der Waals surface area contributed by atoms with E-state index in [4.69, 9.17) is 0 Å². The number of aryl methyl sites for hydroxylation is 1. The average Bonchev–Trinajstić information content (AvgIpc) is 2.73. The Kier molecular flexibility index (Phi) is 5.49. The molecule has 0 bridgehead atoms. The van der Waals surface area contributed by atoms with Gasteiger partial charge in [-0.3, -0.25) is 0 Å². The summed E-state index contributed by atoms with van der Waals surface area (Å²) < 4.78 is 3.81. The summed E-state index contributed by atoms with van der Waals surface area (Å²) in [4.78, 5) is 0. The zero-order chi connectivity index (χ0) is 15.0. The lowest BCUT2D eigenvalue weighted by Gasteiger charge is -2.29. The van der Waals surface area contributed by atoms with Crippen molar-refractivity contribution in [3.05, 3.63) is 46.5 Å². The minimum Gasteiger partial charge on any atom is -1.00 e. The highest BCUT2D eigenvalue weighted by atomic mass is 127. The van der Waals surface area contributed by atoms with E-state index in [1.165, 1.54) is 39.2 Å². The van der Waals surface area contributed by atoms with Gasteiger partial charge in [0.1, 0.15) is 11.2 Å². The molecular weight excluding hydrogens is 401 g/mol. The van der Waals surface area contributed by atoms with Crippen molar-refractivity contribution in [2.45, 2.75) is 47.1 Å². The molecule has 1 aliphatic rings. The Bertz CT molecular complexity index is 737. The van der Waals surface area contributed by atoms with E-state index in [2.05, 4.69) is 68.7 Å². The van der Waals surface area contributed by atoms with Crippen LogP contribution in [0.15, 0.2) is 41.5 Å². The van der Waals surface area contributed by atoms with Crippen LogP contribution in [0.4, 0.5) is 0 Å². The first-order valence-electron chi connectivity index (χ1n) is 7.78. The zero-order valence-electron chi connectivity index (χ0n) is 13.8. The van der Waals surface area contributed by atoms with Gasteiger partial charge in [-0.2, -0.15) is 4.57 Å². The number of benzene rings is 1. The molecule has 2 aromatic rings. The minimum absolute atomic E-state index is 0. The average molecular weight is 425 g/mol. The van der Waals surface area contributed by atoms with Crippen LogP contribution in [-0.2, 0) is 6.54 Å². The van der Waals surface area contributed by atoms with Gasteiger partial charge >= 0.3 is 0 Å². The van der Waals surface area contributed by atoms with Gasteiger partial charge in [-0.1, -0.05) is 49.0 Å². The van der Waals surface area contributed by atoms with E-state index in [1.54, 1.807) is 0 Å². The number of rotatable bonds is 2. The van der Waals surface area contributed by atoms with E-state index in [9.17, 15) is 0 Å². The first-order valence-corrected chi connectivity index (χ1v) is 8.59. The lowest BCUT2D eigenvalue weighted by atomic mass is 9.75. The molecule has 118 valence electrons. The molecule has 0 N–H and O–H groups in total. The predicted octanol–water partition coefficient (Wildman–Crippen LogP) is 2.36. The van der Waals surface area contributed by atoms with Crippen molar-refractivity contribution in [2.24, 2.45) is 5.41 Å². The van der Waals surface area contributed by atoms with Crippen LogP contribution in [-0.4, -0.2) is 0 Å². The molecule has 1 heterocycles. The molecule has 3 rings (SSSR count). The van der Waals surface area contributed by atoms with Crippen molar-refractivity contribution in [2.75, 3.05) is 0 Å². The molecule has 0 saturated heterocycles. The van der Waals surface area contributed by atoms with E-state index < -0.39 is 0 Å². The van der Waals surface area contributed by atoms with Crippen molar-refractivity contribution < 1.29 is 28.5 Å². The molecule has 0 unspecified atom stereocenters. The van der Waals surface area contributed by atoms with Crippen LogP contribution in [0.1, 0.15) is 45.5 Å². The standard InChI is InChI=1S/C19H24NS.HI/c1-5-20-16-8-6-7-9-17(16)21-18(20)11-15-10-14(2)12-19(3,4)13-15;/h6-11H,5,12-13H2,1-4H3;1H/q+1;/p-1. The van der Waals surface area contributed by atoms with Gasteiger partial charge in [0, 0.05) is 12.1 Å². The van der Waals surface area contributed by atoms with E-state index in [-0.39, 0.29) is 24.0 Å². The van der Waals surface area contributed by atoms with Crippen LogP contribution < -0.4 is 28.5 Å². The highest BCUT2D eigenvalue weighted by Gasteiger charge is 2.25. The summed E-state index contributed by atoms with van der Waals surface area (Å²) in [6.07, 6.45) is 7.17. The topological polar surface area (TPSA) is 3.88 Å². The molecule has 1 aliphatic carbocycles. The fraction of sp³-hybridized carbons (Fsp3) is 0.421. The molecule has 0 atom stereocenters. The number of fused-ring (bicyclic) bond motifs is 1. The Labute approximate surface area is 154 Å². The third-order valence-corrected chi connectivity index (χ3v) is 5.25. The number of halogens is 1. The molecule has 0 fully saturated rings. The van der Waals surface area contributed by atoms with E-state index in [1.807, 2.05) is 11.3 Å². The Morgan fingerprint density at radius 1 is 1.23 bits per heavy atom. The Morgan fingerprint density at radius 2 is 1.95 bits per heavy atom. The van der Waals surface area contributed by atoms with Crippen LogP contribution in [0.2, 0.25) is 0 Å². The summed E-state index contributed by atoms with van der Waals surface area (Å²) in [5.74, 6) is 0. The van der Waals surface area contributed by atoms with Crippen LogP contribution >= 0.6 is 11.3 Å². The molecule has 0 radical (unpaired) electrons. The van der Waals surface area contributed by atoms with Crippen LogP contribution in [0.5, 0.6) is 0 Å². The van der Waals surface area contributed by atoms with E-state index in [0.29, 0.717) is 5.41 Å². The van der Waals surface area contributed by atoms with Crippen LogP contribution in [0, 0.1) is 5.41 Å². The van der Waals surface area contributed by atoms with Gasteiger partial charge in [0.2, 0.25) is 5.52 Å². The largest absolute Gasteiger partial charge is 1.00 e. The molecule has 3 heteroatoms. The lowest BCUT2D eigenvalue weighted by molar-refractivity contribution is -0.665. The lowest BCUT2D eigenvalue weighted by Crippen LogP contribution is -3.00. The summed E-state index contributed by atoms with van der Waals surface area (Å²) in [6, 6.07) is 8.71. The highest BCUT2D eigenvalue weighted by molar-refractivity contribution is 7.18. The van der Waals surface area contributed by atoms with Crippen molar-refractivity contribution in [1.82, 2.24) is 0 Å². The second-order valence-corrected chi connectivity index (χ2v) is 7.94. The molecular formula is C19H24INS. The van der Waals surface area contributed by atoms with Gasteiger partial charge in [-0.05, 0) is 43.7 Å². The maximum Gasteiger partial charge on any atom is 0.263 e. The quantitative estimate of drug-likeness (QED) is 0.514. The molecule has 1 aromatic carbocycles. The maximum atomic E-state index is 2.43. The van der Waals surface area contributed by atoms with E-state index >= 15 is 0 Å². The van der Waals surface area contributed by atoms with E-state index in [0.717, 1.165) is 6.54 Å². The Morgan fingerprint density at radius 3 is 2.64 bits per heavy atom. The van der Waals surface area contributed by atoms with Gasteiger partial charge < -0.3 is 24.0 Å². The third kappa shape index (κ3) is 3.62. The predicted molar refractivity (Wildman–Crippen MR) is 92.4 cm³/mol. The number of para-hydroxylation sites is 1. The number of thiazole rings is 1. The zero-order valence-corrected chi connectivity index (χ0v) is 16.8. The summed E-state index contributed by atoms with van der Waals surface area (Å²) in [5, 5.41) is 1.37. The van der Waals surface area contributed by atoms with Gasteiger partial charge in [0.05, 0.1) is 0 Å². The summed E-state index contributed by atoms with van der Waals surface area (Å²) in [7, 11) is 0. The first-order chi connectivity index (χ1) is 9.98. The first kappa shape index (κ1) is 17.7. The molecule has 1 aromatic heterocycles. The number of hydrogen-bond acceptors (Lipinski definition) is 1. The fourth-order valence-electron chi connectivity index (χ4n) is 3.53. The van der Waals surface area contributed by atoms with Gasteiger partial charge in [-0.15, -0.1) is 0 Å². The smallest absolute Gasteiger partial charge is 0.263 e. The molecule has 0 amide bonds. The minimum atomic E-state index is 0. The molecule has 0 spiro atoms. The number of hydrogen-bond donors (Lipinski definition) is 0. The second-order valence-electron chi connectivity index (χ2n) is 6.88. The maximum absolute atomic E-state index is 2.43. The highest BCUT2D eigenvalue weighted by Crippen LogP contribution is 2.38. The second kappa shape index (κ2) is 6.83. The Balaban J connectivity index is 0.00000176. The number of nitrogens with zero attached hydrogens (tertiary/aromatic N) is 1. The molecule has 22 heavy (non-hydrogen) atoms. The number of allylic oxidation sites excluding steroid dienone is 3. The summed E-state index contributed by atoms with van der Waals surface area (Å²) in [6.45, 7) is 10.3. The third-order valence-electron chi connectivity index (χ3n) is 4.13. The van der Waals surface area contributed by atoms with Crippen LogP contribution in [0.3, 0.4) is 0 Å². The fourth-order valence-corrected chi connectivity index (χ4v) is 4.73. The van der Waals surface area contributed by atoms with Crippen molar-refractivity contribution in [3.63, 3.8) is 0 Å². The monoisotopic (exact) mass is 425 g/mol. The van der Waals surface area contributed by atoms with Crippen molar-refractivity contribution >= 4 is 27.6 Å². The number of aromatic nitrogens is 1. The summed E-state index contributed by atoms with van der Waals surface area (Å²) >= 11 is 1.90.